The fraction of sp³-hybridized carbons (Fsp3) is 0.222. The molecule has 124 valence electrons. The molecular formula is C18H16ClNO3S. The first kappa shape index (κ1) is 16.9. The lowest BCUT2D eigenvalue weighted by molar-refractivity contribution is -0.141. The van der Waals surface area contributed by atoms with Crippen molar-refractivity contribution < 1.29 is 14.7 Å². The van der Waals surface area contributed by atoms with Crippen LogP contribution in [0.4, 0.5) is 0 Å². The molecule has 0 aliphatic carbocycles. The molecule has 1 heterocycles. The van der Waals surface area contributed by atoms with Crippen LogP contribution < -0.4 is 0 Å². The van der Waals surface area contributed by atoms with Crippen LogP contribution in [0, 0.1) is 6.92 Å². The Kier molecular flexibility index (Phi) is 4.83. The van der Waals surface area contributed by atoms with Crippen LogP contribution in [0.1, 0.15) is 26.9 Å². The van der Waals surface area contributed by atoms with E-state index in [2.05, 4.69) is 0 Å². The van der Waals surface area contributed by atoms with E-state index in [1.54, 1.807) is 18.2 Å². The van der Waals surface area contributed by atoms with Crippen LogP contribution in [-0.2, 0) is 4.79 Å². The number of hydrogen-bond donors (Lipinski definition) is 1. The zero-order valence-electron chi connectivity index (χ0n) is 13.0. The minimum absolute atomic E-state index is 0.294. The molecule has 1 aliphatic rings. The molecule has 2 atom stereocenters. The highest BCUT2D eigenvalue weighted by Crippen LogP contribution is 2.44. The molecule has 0 spiro atoms. The smallest absolute Gasteiger partial charge is 0.327 e. The number of carbonyl (C=O) groups is 2. The van der Waals surface area contributed by atoms with Crippen LogP contribution >= 0.6 is 23.4 Å². The van der Waals surface area contributed by atoms with Gasteiger partial charge < -0.3 is 10.0 Å². The first-order chi connectivity index (χ1) is 11.5. The highest BCUT2D eigenvalue weighted by atomic mass is 35.5. The third-order valence-corrected chi connectivity index (χ3v) is 5.64. The van der Waals surface area contributed by atoms with Crippen molar-refractivity contribution in [2.45, 2.75) is 18.3 Å². The van der Waals surface area contributed by atoms with Crippen LogP contribution in [0.15, 0.2) is 48.5 Å². The van der Waals surface area contributed by atoms with Crippen LogP contribution in [0.25, 0.3) is 0 Å². The fourth-order valence-electron chi connectivity index (χ4n) is 2.70. The first-order valence-electron chi connectivity index (χ1n) is 7.47. The van der Waals surface area contributed by atoms with Gasteiger partial charge in [-0.1, -0.05) is 47.5 Å². The Balaban J connectivity index is 2.01. The topological polar surface area (TPSA) is 57.6 Å². The highest BCUT2D eigenvalue weighted by Gasteiger charge is 2.43. The molecule has 1 saturated heterocycles. The third kappa shape index (κ3) is 3.14. The molecule has 0 unspecified atom stereocenters. The number of carboxylic acids is 1. The summed E-state index contributed by atoms with van der Waals surface area (Å²) in [6.45, 7) is 1.94. The largest absolute Gasteiger partial charge is 0.480 e. The maximum Gasteiger partial charge on any atom is 0.327 e. The molecule has 2 aromatic carbocycles. The van der Waals surface area contributed by atoms with Crippen molar-refractivity contribution in [2.24, 2.45) is 0 Å². The van der Waals surface area contributed by atoms with Gasteiger partial charge in [-0.3, -0.25) is 4.79 Å². The summed E-state index contributed by atoms with van der Waals surface area (Å²) < 4.78 is 0. The summed E-state index contributed by atoms with van der Waals surface area (Å²) in [6.07, 6.45) is 0. The highest BCUT2D eigenvalue weighted by molar-refractivity contribution is 7.99. The van der Waals surface area contributed by atoms with E-state index in [0.717, 1.165) is 11.1 Å². The van der Waals surface area contributed by atoms with Crippen molar-refractivity contribution in [1.82, 2.24) is 4.90 Å². The van der Waals surface area contributed by atoms with Gasteiger partial charge in [0.05, 0.1) is 0 Å². The zero-order chi connectivity index (χ0) is 17.3. The van der Waals surface area contributed by atoms with Gasteiger partial charge in [0, 0.05) is 21.9 Å². The van der Waals surface area contributed by atoms with Gasteiger partial charge in [-0.15, -0.1) is 11.8 Å². The lowest BCUT2D eigenvalue weighted by Gasteiger charge is -2.28. The minimum atomic E-state index is -1.00. The van der Waals surface area contributed by atoms with Gasteiger partial charge in [-0.2, -0.15) is 0 Å². The third-order valence-electron chi connectivity index (χ3n) is 3.99. The summed E-state index contributed by atoms with van der Waals surface area (Å²) in [6, 6.07) is 13.5. The second-order valence-corrected chi connectivity index (χ2v) is 7.16. The van der Waals surface area contributed by atoms with Gasteiger partial charge in [0.15, 0.2) is 0 Å². The van der Waals surface area contributed by atoms with E-state index in [-0.39, 0.29) is 5.91 Å². The van der Waals surface area contributed by atoms with E-state index >= 15 is 0 Å². The van der Waals surface area contributed by atoms with Crippen molar-refractivity contribution in [3.05, 3.63) is 70.2 Å². The van der Waals surface area contributed by atoms with E-state index in [1.807, 2.05) is 37.3 Å². The number of thioether (sulfide) groups is 1. The summed E-state index contributed by atoms with van der Waals surface area (Å²) in [4.78, 5) is 26.0. The lowest BCUT2D eigenvalue weighted by atomic mass is 10.1. The number of carbonyl (C=O) groups excluding carboxylic acids is 1. The number of rotatable bonds is 3. The van der Waals surface area contributed by atoms with Gasteiger partial charge in [0.2, 0.25) is 0 Å². The molecule has 1 amide bonds. The summed E-state index contributed by atoms with van der Waals surface area (Å²) in [5, 5.41) is 9.64. The summed E-state index contributed by atoms with van der Waals surface area (Å²) in [7, 11) is 0. The van der Waals surface area contributed by atoms with Gasteiger partial charge in [0.25, 0.3) is 5.91 Å². The number of aliphatic carboxylic acids is 1. The number of nitrogens with zero attached hydrogens (tertiary/aromatic N) is 1. The van der Waals surface area contributed by atoms with Crippen molar-refractivity contribution in [2.75, 3.05) is 5.75 Å². The number of carboxylic acid groups (broad SMARTS) is 1. The van der Waals surface area contributed by atoms with Crippen molar-refractivity contribution >= 4 is 35.2 Å². The molecule has 0 radical (unpaired) electrons. The molecule has 0 bridgehead atoms. The average molecular weight is 362 g/mol. The molecule has 1 N–H and O–H groups in total. The molecule has 0 saturated carbocycles. The second kappa shape index (κ2) is 6.87. The lowest BCUT2D eigenvalue weighted by Crippen LogP contribution is -2.43. The number of amides is 1. The summed E-state index contributed by atoms with van der Waals surface area (Å²) >= 11 is 7.69. The second-order valence-electron chi connectivity index (χ2n) is 5.64. The molecule has 4 nitrogen and oxygen atoms in total. The molecular weight excluding hydrogens is 346 g/mol. The van der Waals surface area contributed by atoms with Gasteiger partial charge in [-0.25, -0.2) is 4.79 Å². The molecule has 3 rings (SSSR count). The van der Waals surface area contributed by atoms with Gasteiger partial charge in [-0.05, 0) is 25.1 Å². The van der Waals surface area contributed by atoms with Crippen molar-refractivity contribution in [3.8, 4) is 0 Å². The molecule has 1 aliphatic heterocycles. The Labute approximate surface area is 149 Å². The van der Waals surface area contributed by atoms with E-state index in [4.69, 9.17) is 11.6 Å². The van der Waals surface area contributed by atoms with Crippen LogP contribution in [0.2, 0.25) is 5.02 Å². The Bertz CT molecular complexity index is 778. The number of halogens is 1. The van der Waals surface area contributed by atoms with Crippen molar-refractivity contribution in [3.63, 3.8) is 0 Å². The molecule has 24 heavy (non-hydrogen) atoms. The van der Waals surface area contributed by atoms with E-state index in [9.17, 15) is 14.7 Å². The Hall–Kier alpha value is -1.98. The number of aryl methyl sites for hydroxylation is 1. The summed E-state index contributed by atoms with van der Waals surface area (Å²) in [5.41, 5.74) is 2.28. The zero-order valence-corrected chi connectivity index (χ0v) is 14.6. The normalized spacial score (nSPS) is 20.2. The maximum absolute atomic E-state index is 13.0. The minimum Gasteiger partial charge on any atom is -0.480 e. The quantitative estimate of drug-likeness (QED) is 0.898. The summed E-state index contributed by atoms with van der Waals surface area (Å²) in [5.74, 6) is -0.960. The van der Waals surface area contributed by atoms with Crippen LogP contribution in [0.5, 0.6) is 0 Å². The van der Waals surface area contributed by atoms with E-state index in [0.29, 0.717) is 16.3 Å². The van der Waals surface area contributed by atoms with Gasteiger partial charge >= 0.3 is 5.97 Å². The van der Waals surface area contributed by atoms with Crippen LogP contribution in [-0.4, -0.2) is 33.7 Å². The number of hydrogen-bond acceptors (Lipinski definition) is 3. The molecule has 2 aromatic rings. The molecule has 6 heteroatoms. The predicted molar refractivity (Wildman–Crippen MR) is 95.4 cm³/mol. The van der Waals surface area contributed by atoms with E-state index in [1.165, 1.54) is 16.7 Å². The van der Waals surface area contributed by atoms with Crippen molar-refractivity contribution in [1.29, 1.82) is 0 Å². The predicted octanol–water partition coefficient (Wildman–Crippen LogP) is 3.99. The maximum atomic E-state index is 13.0. The standard InChI is InChI=1S/C18H16ClNO3S/c1-11-6-8-12(9-7-11)16(21)20-15(18(22)23)10-24-17(20)13-4-2-3-5-14(13)19/h2-9,15,17H,10H2,1H3,(H,22,23)/t15-,17+/m0/s1. The van der Waals surface area contributed by atoms with E-state index < -0.39 is 17.4 Å². The SMILES string of the molecule is Cc1ccc(C(=O)N2[C@@H](c3ccccc3Cl)SC[C@H]2C(=O)O)cc1. The molecule has 0 aromatic heterocycles. The molecule has 1 fully saturated rings. The Morgan fingerprint density at radius 1 is 1.17 bits per heavy atom. The first-order valence-corrected chi connectivity index (χ1v) is 8.90. The van der Waals surface area contributed by atoms with Gasteiger partial charge in [0.1, 0.15) is 11.4 Å². The fourth-order valence-corrected chi connectivity index (χ4v) is 4.46. The Morgan fingerprint density at radius 3 is 2.46 bits per heavy atom. The number of benzene rings is 2. The average Bonchev–Trinajstić information content (AvgIpc) is 3.00. The monoisotopic (exact) mass is 361 g/mol. The van der Waals surface area contributed by atoms with Crippen LogP contribution in [0.3, 0.4) is 0 Å². The Morgan fingerprint density at radius 2 is 1.83 bits per heavy atom.